The molecular formula is C28H36N6O2. The van der Waals surface area contributed by atoms with Crippen LogP contribution in [0.3, 0.4) is 0 Å². The van der Waals surface area contributed by atoms with Gasteiger partial charge in [0, 0.05) is 13.1 Å². The van der Waals surface area contributed by atoms with Gasteiger partial charge in [-0.2, -0.15) is 0 Å². The lowest BCUT2D eigenvalue weighted by molar-refractivity contribution is 0.251. The van der Waals surface area contributed by atoms with Crippen LogP contribution in [0.2, 0.25) is 0 Å². The summed E-state index contributed by atoms with van der Waals surface area (Å²) in [6.45, 7) is 9.19. The highest BCUT2D eigenvalue weighted by molar-refractivity contribution is 5.93. The van der Waals surface area contributed by atoms with Crippen LogP contribution in [0.15, 0.2) is 60.7 Å². The molecule has 0 heterocycles. The number of hydrogen-bond donors (Lipinski definition) is 6. The van der Waals surface area contributed by atoms with E-state index in [2.05, 4.69) is 61.1 Å². The van der Waals surface area contributed by atoms with Crippen molar-refractivity contribution in [2.45, 2.75) is 52.6 Å². The molecule has 0 aliphatic rings. The molecule has 0 unspecified atom stereocenters. The summed E-state index contributed by atoms with van der Waals surface area (Å²) in [5.41, 5.74) is 18.3. The van der Waals surface area contributed by atoms with Crippen LogP contribution >= 0.6 is 0 Å². The molecule has 190 valence electrons. The summed E-state index contributed by atoms with van der Waals surface area (Å²) in [5.74, 6) is 0.525. The second-order valence-electron chi connectivity index (χ2n) is 9.35. The summed E-state index contributed by atoms with van der Waals surface area (Å²) in [4.78, 5) is 25.1. The van der Waals surface area contributed by atoms with Gasteiger partial charge >= 0.3 is 12.1 Å². The molecule has 3 rings (SSSR count). The van der Waals surface area contributed by atoms with Crippen molar-refractivity contribution in [1.29, 1.82) is 0 Å². The zero-order valence-electron chi connectivity index (χ0n) is 21.3. The lowest BCUT2D eigenvalue weighted by atomic mass is 9.87. The van der Waals surface area contributed by atoms with E-state index in [9.17, 15) is 9.59 Å². The number of anilines is 4. The topological polar surface area (TPSA) is 134 Å². The number of nitrogens with one attached hydrogen (secondary N) is 4. The first-order valence-electron chi connectivity index (χ1n) is 12.1. The second-order valence-corrected chi connectivity index (χ2v) is 9.35. The third-order valence-corrected chi connectivity index (χ3v) is 5.94. The zero-order chi connectivity index (χ0) is 26.2. The van der Waals surface area contributed by atoms with Crippen LogP contribution in [-0.4, -0.2) is 12.1 Å². The van der Waals surface area contributed by atoms with Gasteiger partial charge in [0.15, 0.2) is 0 Å². The third kappa shape index (κ3) is 6.91. The van der Waals surface area contributed by atoms with Crippen molar-refractivity contribution in [3.63, 3.8) is 0 Å². The highest BCUT2D eigenvalue weighted by atomic mass is 16.2. The lowest BCUT2D eigenvalue weighted by Crippen LogP contribution is -2.30. The van der Waals surface area contributed by atoms with Crippen LogP contribution in [0.1, 0.15) is 61.8 Å². The van der Waals surface area contributed by atoms with Crippen molar-refractivity contribution in [2.24, 2.45) is 0 Å². The van der Waals surface area contributed by atoms with E-state index in [0.29, 0.717) is 35.8 Å². The second kappa shape index (κ2) is 12.0. The standard InChI is InChI=1S/C28H36N6O2/c1-17(2)21-14-22(18(3)4)20(16-32-28(36)34-26-12-8-6-10-24(26)30)13-19(21)15-31-27(35)33-25-11-7-5-9-23(25)29/h5-14,17-18H,15-16,29-30H2,1-4H3,(H2,31,33,35)(H2,32,34,36). The van der Waals surface area contributed by atoms with Gasteiger partial charge in [0.05, 0.1) is 22.7 Å². The molecule has 3 aromatic rings. The molecule has 0 fully saturated rings. The zero-order valence-corrected chi connectivity index (χ0v) is 21.3. The molecule has 8 N–H and O–H groups in total. The summed E-state index contributed by atoms with van der Waals surface area (Å²) < 4.78 is 0. The fourth-order valence-electron chi connectivity index (χ4n) is 4.02. The van der Waals surface area contributed by atoms with Gasteiger partial charge in [-0.1, -0.05) is 64.1 Å². The molecule has 0 spiro atoms. The Labute approximate surface area is 212 Å². The van der Waals surface area contributed by atoms with Gasteiger partial charge in [-0.25, -0.2) is 9.59 Å². The molecular weight excluding hydrogens is 452 g/mol. The number of carbonyl (C=O) groups is 2. The smallest absolute Gasteiger partial charge is 0.319 e. The molecule has 0 aromatic heterocycles. The lowest BCUT2D eigenvalue weighted by Gasteiger charge is -2.21. The van der Waals surface area contributed by atoms with Crippen molar-refractivity contribution in [2.75, 3.05) is 22.1 Å². The molecule has 0 aliphatic carbocycles. The quantitative estimate of drug-likeness (QED) is 0.225. The number of para-hydroxylation sites is 4. The first-order chi connectivity index (χ1) is 17.2. The summed E-state index contributed by atoms with van der Waals surface area (Å²) in [5, 5.41) is 11.4. The molecule has 0 bridgehead atoms. The van der Waals surface area contributed by atoms with Crippen LogP contribution in [0.5, 0.6) is 0 Å². The van der Waals surface area contributed by atoms with E-state index in [0.717, 1.165) is 22.3 Å². The van der Waals surface area contributed by atoms with Gasteiger partial charge in [-0.15, -0.1) is 0 Å². The van der Waals surface area contributed by atoms with E-state index in [1.54, 1.807) is 24.3 Å². The SMILES string of the molecule is CC(C)c1cc(C(C)C)c(CNC(=O)Nc2ccccc2N)cc1CNC(=O)Nc1ccccc1N. The van der Waals surface area contributed by atoms with E-state index < -0.39 is 0 Å². The minimum Gasteiger partial charge on any atom is -0.397 e. The normalized spacial score (nSPS) is 10.8. The van der Waals surface area contributed by atoms with Crippen LogP contribution in [0.4, 0.5) is 32.3 Å². The Morgan fingerprint density at radius 2 is 1.06 bits per heavy atom. The third-order valence-electron chi connectivity index (χ3n) is 5.94. The van der Waals surface area contributed by atoms with Crippen molar-refractivity contribution in [1.82, 2.24) is 10.6 Å². The van der Waals surface area contributed by atoms with Crippen molar-refractivity contribution < 1.29 is 9.59 Å². The highest BCUT2D eigenvalue weighted by Crippen LogP contribution is 2.29. The fraction of sp³-hybridized carbons (Fsp3) is 0.286. The first-order valence-corrected chi connectivity index (χ1v) is 12.1. The Hall–Kier alpha value is -4.20. The molecule has 8 nitrogen and oxygen atoms in total. The largest absolute Gasteiger partial charge is 0.397 e. The Bertz CT molecular complexity index is 1130. The summed E-state index contributed by atoms with van der Waals surface area (Å²) >= 11 is 0. The number of carbonyl (C=O) groups excluding carboxylic acids is 2. The number of rotatable bonds is 8. The van der Waals surface area contributed by atoms with E-state index in [-0.39, 0.29) is 23.9 Å². The molecule has 0 saturated carbocycles. The Morgan fingerprint density at radius 3 is 1.42 bits per heavy atom. The maximum atomic E-state index is 12.5. The van der Waals surface area contributed by atoms with Gasteiger partial charge < -0.3 is 32.7 Å². The van der Waals surface area contributed by atoms with Crippen LogP contribution in [0, 0.1) is 0 Å². The average Bonchev–Trinajstić information content (AvgIpc) is 2.83. The Kier molecular flexibility index (Phi) is 8.78. The summed E-state index contributed by atoms with van der Waals surface area (Å²) in [6.07, 6.45) is 0. The number of nitrogen functional groups attached to an aromatic ring is 2. The monoisotopic (exact) mass is 488 g/mol. The van der Waals surface area contributed by atoms with E-state index in [1.807, 2.05) is 24.3 Å². The predicted molar refractivity (Wildman–Crippen MR) is 148 cm³/mol. The number of urea groups is 2. The van der Waals surface area contributed by atoms with Gasteiger partial charge in [-0.3, -0.25) is 0 Å². The molecule has 0 atom stereocenters. The van der Waals surface area contributed by atoms with Crippen LogP contribution in [-0.2, 0) is 13.1 Å². The van der Waals surface area contributed by atoms with Crippen molar-refractivity contribution >= 4 is 34.8 Å². The predicted octanol–water partition coefficient (Wildman–Crippen LogP) is 5.74. The molecule has 8 heteroatoms. The number of amides is 4. The molecule has 36 heavy (non-hydrogen) atoms. The molecule has 4 amide bonds. The minimum atomic E-state index is -0.338. The van der Waals surface area contributed by atoms with E-state index in [4.69, 9.17) is 11.5 Å². The molecule has 0 radical (unpaired) electrons. The molecule has 0 aliphatic heterocycles. The maximum absolute atomic E-state index is 12.5. The van der Waals surface area contributed by atoms with E-state index >= 15 is 0 Å². The summed E-state index contributed by atoms with van der Waals surface area (Å²) in [6, 6.07) is 17.8. The van der Waals surface area contributed by atoms with Gasteiger partial charge in [-0.05, 0) is 58.4 Å². The van der Waals surface area contributed by atoms with Crippen molar-refractivity contribution in [3.8, 4) is 0 Å². The average molecular weight is 489 g/mol. The fourth-order valence-corrected chi connectivity index (χ4v) is 4.02. The van der Waals surface area contributed by atoms with Crippen molar-refractivity contribution in [3.05, 3.63) is 82.9 Å². The van der Waals surface area contributed by atoms with Gasteiger partial charge in [0.2, 0.25) is 0 Å². The molecule has 3 aromatic carbocycles. The number of benzene rings is 3. The van der Waals surface area contributed by atoms with E-state index in [1.165, 1.54) is 0 Å². The van der Waals surface area contributed by atoms with Gasteiger partial charge in [0.25, 0.3) is 0 Å². The first kappa shape index (κ1) is 26.4. The Balaban J connectivity index is 1.75. The number of nitrogens with two attached hydrogens (primary N) is 2. The van der Waals surface area contributed by atoms with Crippen LogP contribution in [0.25, 0.3) is 0 Å². The Morgan fingerprint density at radius 1 is 0.667 bits per heavy atom. The maximum Gasteiger partial charge on any atom is 0.319 e. The minimum absolute atomic E-state index is 0.262. The summed E-state index contributed by atoms with van der Waals surface area (Å²) in [7, 11) is 0. The van der Waals surface area contributed by atoms with Gasteiger partial charge in [0.1, 0.15) is 0 Å². The van der Waals surface area contributed by atoms with Crippen LogP contribution < -0.4 is 32.7 Å². The highest BCUT2D eigenvalue weighted by Gasteiger charge is 2.16. The molecule has 0 saturated heterocycles. The number of hydrogen-bond acceptors (Lipinski definition) is 4.